The molecule has 0 aliphatic carbocycles. The van der Waals surface area contributed by atoms with Gasteiger partial charge >= 0.3 is 6.03 Å². The zero-order valence-corrected chi connectivity index (χ0v) is 14.1. The molecule has 1 fully saturated rings. The molecule has 2 aromatic carbocycles. The molecule has 1 aliphatic rings. The Bertz CT molecular complexity index is 744. The van der Waals surface area contributed by atoms with Gasteiger partial charge in [0.2, 0.25) is 5.91 Å². The van der Waals surface area contributed by atoms with Crippen molar-refractivity contribution in [2.24, 2.45) is 11.8 Å². The average molecular weight is 338 g/mol. The summed E-state index contributed by atoms with van der Waals surface area (Å²) in [6.07, 6.45) is 0. The zero-order valence-electron chi connectivity index (χ0n) is 14.1. The van der Waals surface area contributed by atoms with Gasteiger partial charge in [-0.3, -0.25) is 4.79 Å². The Hall–Kier alpha value is -2.86. The van der Waals surface area contributed by atoms with E-state index < -0.39 is 0 Å². The third kappa shape index (κ3) is 4.58. The normalized spacial score (nSPS) is 14.9. The number of carbonyl (C=O) groups excluding carboxylic acids is 2. The Labute approximate surface area is 147 Å². The molecule has 2 aromatic rings. The fourth-order valence-electron chi connectivity index (χ4n) is 2.62. The first-order valence-electron chi connectivity index (χ1n) is 8.36. The number of nitrogens with one attached hydrogen (secondary N) is 4. The lowest BCUT2D eigenvalue weighted by Crippen LogP contribution is -2.48. The van der Waals surface area contributed by atoms with E-state index >= 15 is 0 Å². The molecule has 3 amide bonds. The first kappa shape index (κ1) is 17.0. The molecule has 0 spiro atoms. The minimum Gasteiger partial charge on any atom is -0.326 e. The zero-order chi connectivity index (χ0) is 17.6. The summed E-state index contributed by atoms with van der Waals surface area (Å²) < 4.78 is 0. The van der Waals surface area contributed by atoms with Crippen molar-refractivity contribution in [2.75, 3.05) is 29.0 Å². The molecule has 1 aliphatic heterocycles. The van der Waals surface area contributed by atoms with Gasteiger partial charge in [-0.2, -0.15) is 0 Å². The summed E-state index contributed by atoms with van der Waals surface area (Å²) in [6, 6.07) is 16.0. The largest absolute Gasteiger partial charge is 0.326 e. The monoisotopic (exact) mass is 338 g/mol. The maximum atomic E-state index is 12.3. The quantitative estimate of drug-likeness (QED) is 0.676. The highest BCUT2D eigenvalue weighted by Crippen LogP contribution is 2.20. The fraction of sp³-hybridized carbons (Fsp3) is 0.263. The third-order valence-corrected chi connectivity index (χ3v) is 4.35. The van der Waals surface area contributed by atoms with Crippen molar-refractivity contribution in [3.05, 3.63) is 54.6 Å². The van der Waals surface area contributed by atoms with Crippen molar-refractivity contribution in [3.63, 3.8) is 0 Å². The summed E-state index contributed by atoms with van der Waals surface area (Å²) in [5.74, 6) is 0.342. The third-order valence-electron chi connectivity index (χ3n) is 4.35. The molecule has 6 nitrogen and oxygen atoms in total. The van der Waals surface area contributed by atoms with E-state index in [4.69, 9.17) is 0 Å². The second kappa shape index (κ2) is 7.81. The Kier molecular flexibility index (Phi) is 5.30. The van der Waals surface area contributed by atoms with Gasteiger partial charge < -0.3 is 21.3 Å². The molecule has 130 valence electrons. The molecule has 0 saturated carbocycles. The minimum absolute atomic E-state index is 0.00242. The van der Waals surface area contributed by atoms with Crippen LogP contribution in [0.3, 0.4) is 0 Å². The molecule has 1 saturated heterocycles. The van der Waals surface area contributed by atoms with E-state index in [2.05, 4.69) is 21.3 Å². The Morgan fingerprint density at radius 2 is 1.52 bits per heavy atom. The Morgan fingerprint density at radius 1 is 0.920 bits per heavy atom. The van der Waals surface area contributed by atoms with Crippen molar-refractivity contribution < 1.29 is 9.59 Å². The number of hydrogen-bond donors (Lipinski definition) is 4. The van der Waals surface area contributed by atoms with Crippen LogP contribution < -0.4 is 21.3 Å². The smallest absolute Gasteiger partial charge is 0.323 e. The lowest BCUT2D eigenvalue weighted by molar-refractivity contribution is -0.121. The van der Waals surface area contributed by atoms with Crippen LogP contribution in [-0.4, -0.2) is 25.0 Å². The van der Waals surface area contributed by atoms with Crippen LogP contribution in [0.25, 0.3) is 0 Å². The van der Waals surface area contributed by atoms with Crippen LogP contribution in [0, 0.1) is 11.8 Å². The van der Waals surface area contributed by atoms with Crippen LogP contribution in [-0.2, 0) is 4.79 Å². The van der Waals surface area contributed by atoms with Gasteiger partial charge in [-0.25, -0.2) is 4.79 Å². The number of para-hydroxylation sites is 1. The lowest BCUT2D eigenvalue weighted by atomic mass is 9.88. The molecule has 25 heavy (non-hydrogen) atoms. The molecule has 3 rings (SSSR count). The highest BCUT2D eigenvalue weighted by atomic mass is 16.2. The van der Waals surface area contributed by atoms with Gasteiger partial charge in [0.1, 0.15) is 0 Å². The van der Waals surface area contributed by atoms with E-state index in [-0.39, 0.29) is 17.9 Å². The maximum absolute atomic E-state index is 12.3. The van der Waals surface area contributed by atoms with Gasteiger partial charge in [0, 0.05) is 23.0 Å². The lowest BCUT2D eigenvalue weighted by Gasteiger charge is -2.31. The standard InChI is InChI=1S/C19H22N4O2/c1-13(14-11-20-12-14)18(24)21-16-8-5-9-17(10-16)23-19(25)22-15-6-3-2-4-7-15/h2-10,13-14,20H,11-12H2,1H3,(H,21,24)(H2,22,23,25). The highest BCUT2D eigenvalue weighted by molar-refractivity contribution is 6.00. The maximum Gasteiger partial charge on any atom is 0.323 e. The molecular formula is C19H22N4O2. The van der Waals surface area contributed by atoms with Crippen molar-refractivity contribution in [1.29, 1.82) is 0 Å². The molecule has 1 unspecified atom stereocenters. The first-order chi connectivity index (χ1) is 12.1. The Morgan fingerprint density at radius 3 is 2.16 bits per heavy atom. The number of rotatable bonds is 5. The molecule has 0 radical (unpaired) electrons. The van der Waals surface area contributed by atoms with Crippen molar-refractivity contribution >= 4 is 29.0 Å². The minimum atomic E-state index is -0.330. The van der Waals surface area contributed by atoms with E-state index in [0.29, 0.717) is 23.0 Å². The Balaban J connectivity index is 1.57. The van der Waals surface area contributed by atoms with Gasteiger partial charge in [-0.1, -0.05) is 31.2 Å². The molecule has 6 heteroatoms. The van der Waals surface area contributed by atoms with E-state index in [1.165, 1.54) is 0 Å². The summed E-state index contributed by atoms with van der Waals surface area (Å²) in [6.45, 7) is 3.71. The van der Waals surface area contributed by atoms with E-state index in [0.717, 1.165) is 13.1 Å². The van der Waals surface area contributed by atoms with Crippen LogP contribution >= 0.6 is 0 Å². The van der Waals surface area contributed by atoms with Crippen LogP contribution in [0.5, 0.6) is 0 Å². The number of hydrogen-bond acceptors (Lipinski definition) is 3. The number of benzene rings is 2. The second-order valence-electron chi connectivity index (χ2n) is 6.22. The predicted molar refractivity (Wildman–Crippen MR) is 99.7 cm³/mol. The van der Waals surface area contributed by atoms with Gasteiger partial charge in [0.15, 0.2) is 0 Å². The molecule has 1 heterocycles. The van der Waals surface area contributed by atoms with Gasteiger partial charge in [0.25, 0.3) is 0 Å². The predicted octanol–water partition coefficient (Wildman–Crippen LogP) is 3.12. The second-order valence-corrected chi connectivity index (χ2v) is 6.22. The van der Waals surface area contributed by atoms with E-state index in [9.17, 15) is 9.59 Å². The molecular weight excluding hydrogens is 316 g/mol. The van der Waals surface area contributed by atoms with Gasteiger partial charge in [-0.05, 0) is 49.3 Å². The van der Waals surface area contributed by atoms with Crippen molar-refractivity contribution in [3.8, 4) is 0 Å². The summed E-state index contributed by atoms with van der Waals surface area (Å²) >= 11 is 0. The number of urea groups is 1. The van der Waals surface area contributed by atoms with Crippen molar-refractivity contribution in [2.45, 2.75) is 6.92 Å². The van der Waals surface area contributed by atoms with Crippen molar-refractivity contribution in [1.82, 2.24) is 5.32 Å². The molecule has 0 bridgehead atoms. The first-order valence-corrected chi connectivity index (χ1v) is 8.36. The topological polar surface area (TPSA) is 82.3 Å². The molecule has 4 N–H and O–H groups in total. The number of anilines is 3. The highest BCUT2D eigenvalue weighted by Gasteiger charge is 2.28. The van der Waals surface area contributed by atoms with E-state index in [1.807, 2.05) is 43.3 Å². The van der Waals surface area contributed by atoms with Crippen LogP contribution in [0.15, 0.2) is 54.6 Å². The SMILES string of the molecule is CC(C(=O)Nc1cccc(NC(=O)Nc2ccccc2)c1)C1CNC1. The fourth-order valence-corrected chi connectivity index (χ4v) is 2.62. The summed E-state index contributed by atoms with van der Waals surface area (Å²) in [4.78, 5) is 24.3. The average Bonchev–Trinajstić information content (AvgIpc) is 2.54. The number of amides is 3. The van der Waals surface area contributed by atoms with E-state index in [1.54, 1.807) is 18.2 Å². The van der Waals surface area contributed by atoms with Gasteiger partial charge in [-0.15, -0.1) is 0 Å². The van der Waals surface area contributed by atoms with Crippen LogP contribution in [0.2, 0.25) is 0 Å². The van der Waals surface area contributed by atoms with Crippen LogP contribution in [0.4, 0.5) is 21.9 Å². The summed E-state index contributed by atoms with van der Waals surface area (Å²) in [5, 5.41) is 11.6. The summed E-state index contributed by atoms with van der Waals surface area (Å²) in [5.41, 5.74) is 2.00. The van der Waals surface area contributed by atoms with Crippen LogP contribution in [0.1, 0.15) is 6.92 Å². The van der Waals surface area contributed by atoms with Gasteiger partial charge in [0.05, 0.1) is 0 Å². The molecule has 0 aromatic heterocycles. The number of carbonyl (C=O) groups is 2. The summed E-state index contributed by atoms with van der Waals surface area (Å²) in [7, 11) is 0. The molecule has 1 atom stereocenters.